The number of cyclic esters (lactones) is 1. The molecule has 0 N–H and O–H groups in total. The lowest BCUT2D eigenvalue weighted by Crippen LogP contribution is -2.02. The lowest BCUT2D eigenvalue weighted by atomic mass is 10.0. The highest BCUT2D eigenvalue weighted by Crippen LogP contribution is 2.34. The monoisotopic (exact) mass is 226 g/mol. The predicted molar refractivity (Wildman–Crippen MR) is 56.1 cm³/mol. The maximum absolute atomic E-state index is 11.5. The number of hydrogen-bond acceptors (Lipinski definition) is 3. The Balaban J connectivity index is 2.26. The minimum absolute atomic E-state index is 0.190. The summed E-state index contributed by atoms with van der Waals surface area (Å²) in [4.78, 5) is 11.5. The molecule has 1 aliphatic rings. The minimum Gasteiger partial charge on any atom is -0.454 e. The van der Waals surface area contributed by atoms with E-state index in [2.05, 4.69) is 0 Å². The number of halogens is 1. The number of benzene rings is 1. The number of carbonyl (C=O) groups excluding carboxylic acids is 1. The van der Waals surface area contributed by atoms with Crippen LogP contribution in [0.4, 0.5) is 0 Å². The van der Waals surface area contributed by atoms with E-state index in [1.807, 2.05) is 6.07 Å². The van der Waals surface area contributed by atoms with Crippen LogP contribution in [0.5, 0.6) is 0 Å². The van der Waals surface area contributed by atoms with Crippen molar-refractivity contribution < 1.29 is 14.3 Å². The highest BCUT2D eigenvalue weighted by Gasteiger charge is 2.30. The van der Waals surface area contributed by atoms with Gasteiger partial charge in [-0.25, -0.2) is 4.79 Å². The Morgan fingerprint density at radius 1 is 1.53 bits per heavy atom. The van der Waals surface area contributed by atoms with Crippen molar-refractivity contribution in [3.05, 3.63) is 34.3 Å². The van der Waals surface area contributed by atoms with E-state index >= 15 is 0 Å². The third-order valence-corrected chi connectivity index (χ3v) is 2.65. The van der Waals surface area contributed by atoms with E-state index in [1.165, 1.54) is 0 Å². The number of carbonyl (C=O) groups is 1. The number of ether oxygens (including phenoxy) is 2. The lowest BCUT2D eigenvalue weighted by Gasteiger charge is -2.09. The van der Waals surface area contributed by atoms with E-state index < -0.39 is 0 Å². The molecular weight excluding hydrogens is 216 g/mol. The summed E-state index contributed by atoms with van der Waals surface area (Å²) in [5.41, 5.74) is 1.48. The molecule has 2 rings (SSSR count). The Kier molecular flexibility index (Phi) is 2.93. The Morgan fingerprint density at radius 2 is 2.33 bits per heavy atom. The molecule has 1 unspecified atom stereocenters. The molecule has 15 heavy (non-hydrogen) atoms. The smallest absolute Gasteiger partial charge is 0.339 e. The SMILES string of the molecule is COCCC1OC(=O)c2cc(Cl)ccc21. The first kappa shape index (κ1) is 10.5. The topological polar surface area (TPSA) is 35.5 Å². The zero-order valence-corrected chi connectivity index (χ0v) is 9.08. The Hall–Kier alpha value is -1.06. The van der Waals surface area contributed by atoms with Crippen LogP contribution in [-0.2, 0) is 9.47 Å². The van der Waals surface area contributed by atoms with Gasteiger partial charge >= 0.3 is 5.97 Å². The van der Waals surface area contributed by atoms with Gasteiger partial charge in [0.15, 0.2) is 0 Å². The molecule has 0 aromatic heterocycles. The fraction of sp³-hybridized carbons (Fsp3) is 0.364. The van der Waals surface area contributed by atoms with Crippen LogP contribution in [-0.4, -0.2) is 19.7 Å². The van der Waals surface area contributed by atoms with Gasteiger partial charge in [0, 0.05) is 24.1 Å². The summed E-state index contributed by atoms with van der Waals surface area (Å²) in [6, 6.07) is 5.25. The maximum Gasteiger partial charge on any atom is 0.339 e. The second-order valence-electron chi connectivity index (χ2n) is 3.41. The van der Waals surface area contributed by atoms with Crippen LogP contribution in [0.1, 0.15) is 28.4 Å². The molecule has 1 aromatic carbocycles. The average molecular weight is 227 g/mol. The van der Waals surface area contributed by atoms with Gasteiger partial charge in [-0.3, -0.25) is 0 Å². The van der Waals surface area contributed by atoms with Crippen LogP contribution in [0.25, 0.3) is 0 Å². The van der Waals surface area contributed by atoms with E-state index in [0.29, 0.717) is 23.6 Å². The average Bonchev–Trinajstić information content (AvgIpc) is 2.53. The first-order valence-corrected chi connectivity index (χ1v) is 5.09. The molecule has 0 amide bonds. The van der Waals surface area contributed by atoms with Gasteiger partial charge in [0.05, 0.1) is 12.2 Å². The van der Waals surface area contributed by atoms with Crippen LogP contribution in [0.2, 0.25) is 5.02 Å². The summed E-state index contributed by atoms with van der Waals surface area (Å²) >= 11 is 5.81. The molecule has 0 bridgehead atoms. The van der Waals surface area contributed by atoms with Gasteiger partial charge in [-0.1, -0.05) is 17.7 Å². The fourth-order valence-electron chi connectivity index (χ4n) is 1.68. The normalized spacial score (nSPS) is 18.8. The molecule has 1 heterocycles. The zero-order chi connectivity index (χ0) is 10.8. The van der Waals surface area contributed by atoms with Crippen LogP contribution in [0, 0.1) is 0 Å². The number of esters is 1. The summed E-state index contributed by atoms with van der Waals surface area (Å²) in [5, 5.41) is 0.554. The van der Waals surface area contributed by atoms with E-state index in [0.717, 1.165) is 5.56 Å². The first-order chi connectivity index (χ1) is 7.22. The zero-order valence-electron chi connectivity index (χ0n) is 8.33. The molecule has 0 spiro atoms. The summed E-state index contributed by atoms with van der Waals surface area (Å²) in [7, 11) is 1.62. The van der Waals surface area contributed by atoms with Crippen LogP contribution in [0.15, 0.2) is 18.2 Å². The number of methoxy groups -OCH3 is 1. The van der Waals surface area contributed by atoms with Crippen molar-refractivity contribution in [2.75, 3.05) is 13.7 Å². The molecule has 0 saturated heterocycles. The summed E-state index contributed by atoms with van der Waals surface area (Å²) in [6.45, 7) is 0.569. The van der Waals surface area contributed by atoms with Crippen LogP contribution < -0.4 is 0 Å². The molecule has 0 aliphatic carbocycles. The fourth-order valence-corrected chi connectivity index (χ4v) is 1.85. The summed E-state index contributed by atoms with van der Waals surface area (Å²) < 4.78 is 10.2. The Labute approximate surface area is 92.9 Å². The van der Waals surface area contributed by atoms with Crippen molar-refractivity contribution in [1.82, 2.24) is 0 Å². The summed E-state index contributed by atoms with van der Waals surface area (Å²) in [6.07, 6.45) is 0.487. The van der Waals surface area contributed by atoms with Crippen molar-refractivity contribution in [3.63, 3.8) is 0 Å². The van der Waals surface area contributed by atoms with Crippen molar-refractivity contribution in [2.24, 2.45) is 0 Å². The van der Waals surface area contributed by atoms with Crippen molar-refractivity contribution >= 4 is 17.6 Å². The standard InChI is InChI=1S/C11H11ClO3/c1-14-5-4-10-8-3-2-7(12)6-9(8)11(13)15-10/h2-3,6,10H,4-5H2,1H3. The van der Waals surface area contributed by atoms with E-state index in [1.54, 1.807) is 19.2 Å². The van der Waals surface area contributed by atoms with Gasteiger partial charge in [0.2, 0.25) is 0 Å². The third-order valence-electron chi connectivity index (χ3n) is 2.42. The van der Waals surface area contributed by atoms with Gasteiger partial charge in [0.1, 0.15) is 6.10 Å². The largest absolute Gasteiger partial charge is 0.454 e. The highest BCUT2D eigenvalue weighted by atomic mass is 35.5. The maximum atomic E-state index is 11.5. The molecule has 1 atom stereocenters. The first-order valence-electron chi connectivity index (χ1n) is 4.71. The number of fused-ring (bicyclic) bond motifs is 1. The quantitative estimate of drug-likeness (QED) is 0.744. The third kappa shape index (κ3) is 1.98. The van der Waals surface area contributed by atoms with Crippen LogP contribution >= 0.6 is 11.6 Å². The van der Waals surface area contributed by atoms with Crippen molar-refractivity contribution in [3.8, 4) is 0 Å². The second kappa shape index (κ2) is 4.21. The van der Waals surface area contributed by atoms with E-state index in [-0.39, 0.29) is 12.1 Å². The van der Waals surface area contributed by atoms with Gasteiger partial charge < -0.3 is 9.47 Å². The molecule has 0 fully saturated rings. The van der Waals surface area contributed by atoms with Crippen LogP contribution in [0.3, 0.4) is 0 Å². The molecular formula is C11H11ClO3. The van der Waals surface area contributed by atoms with Crippen molar-refractivity contribution in [2.45, 2.75) is 12.5 Å². The Bertz CT molecular complexity index is 389. The van der Waals surface area contributed by atoms with Gasteiger partial charge in [-0.15, -0.1) is 0 Å². The van der Waals surface area contributed by atoms with Crippen molar-refractivity contribution in [1.29, 1.82) is 0 Å². The molecule has 80 valence electrons. The minimum atomic E-state index is -0.298. The second-order valence-corrected chi connectivity index (χ2v) is 3.84. The molecule has 0 saturated carbocycles. The van der Waals surface area contributed by atoms with Gasteiger partial charge in [-0.05, 0) is 12.1 Å². The van der Waals surface area contributed by atoms with E-state index in [9.17, 15) is 4.79 Å². The molecule has 1 aromatic rings. The molecule has 3 nitrogen and oxygen atoms in total. The number of rotatable bonds is 3. The molecule has 4 heteroatoms. The van der Waals surface area contributed by atoms with E-state index in [4.69, 9.17) is 21.1 Å². The highest BCUT2D eigenvalue weighted by molar-refractivity contribution is 6.31. The molecule has 0 radical (unpaired) electrons. The molecule has 1 aliphatic heterocycles. The van der Waals surface area contributed by atoms with Gasteiger partial charge in [-0.2, -0.15) is 0 Å². The number of hydrogen-bond donors (Lipinski definition) is 0. The Morgan fingerprint density at radius 3 is 3.07 bits per heavy atom. The van der Waals surface area contributed by atoms with Gasteiger partial charge in [0.25, 0.3) is 0 Å². The predicted octanol–water partition coefficient (Wildman–Crippen LogP) is 2.59. The summed E-state index contributed by atoms with van der Waals surface area (Å²) in [5.74, 6) is -0.298. The lowest BCUT2D eigenvalue weighted by molar-refractivity contribution is 0.0307.